The van der Waals surface area contributed by atoms with Gasteiger partial charge >= 0.3 is 0 Å². The SMILES string of the molecule is C=C(Cl)CSc1nnc(CNC(=O)c2ccc(C)cc2)n1-c1ccc(OC)cc1. The van der Waals surface area contributed by atoms with Gasteiger partial charge in [-0.05, 0) is 43.3 Å². The zero-order valence-corrected chi connectivity index (χ0v) is 17.8. The molecular weight excluding hydrogens is 408 g/mol. The summed E-state index contributed by atoms with van der Waals surface area (Å²) in [4.78, 5) is 12.5. The van der Waals surface area contributed by atoms with Crippen molar-refractivity contribution in [2.24, 2.45) is 0 Å². The number of carbonyl (C=O) groups excluding carboxylic acids is 1. The molecule has 0 unspecified atom stereocenters. The van der Waals surface area contributed by atoms with E-state index in [9.17, 15) is 4.79 Å². The largest absolute Gasteiger partial charge is 0.497 e. The molecule has 1 heterocycles. The first kappa shape index (κ1) is 21.0. The monoisotopic (exact) mass is 428 g/mol. The van der Waals surface area contributed by atoms with Crippen LogP contribution in [-0.2, 0) is 6.54 Å². The summed E-state index contributed by atoms with van der Waals surface area (Å²) in [5.41, 5.74) is 2.56. The number of ether oxygens (including phenoxy) is 1. The normalized spacial score (nSPS) is 10.6. The first-order valence-electron chi connectivity index (χ1n) is 8.87. The summed E-state index contributed by atoms with van der Waals surface area (Å²) in [7, 11) is 1.62. The zero-order chi connectivity index (χ0) is 20.8. The first-order valence-corrected chi connectivity index (χ1v) is 10.2. The number of aryl methyl sites for hydroxylation is 1. The number of hydrogen-bond donors (Lipinski definition) is 1. The number of hydrogen-bond acceptors (Lipinski definition) is 5. The molecule has 3 rings (SSSR count). The number of rotatable bonds is 8. The van der Waals surface area contributed by atoms with Crippen LogP contribution in [0.1, 0.15) is 21.7 Å². The van der Waals surface area contributed by atoms with E-state index in [4.69, 9.17) is 16.3 Å². The second kappa shape index (κ2) is 9.62. The maximum absolute atomic E-state index is 12.5. The van der Waals surface area contributed by atoms with Gasteiger partial charge in [-0.1, -0.05) is 47.6 Å². The van der Waals surface area contributed by atoms with E-state index in [0.29, 0.717) is 27.3 Å². The molecule has 0 saturated carbocycles. The molecule has 2 aromatic carbocycles. The van der Waals surface area contributed by atoms with Gasteiger partial charge in [0.15, 0.2) is 11.0 Å². The van der Waals surface area contributed by atoms with Crippen LogP contribution in [0.3, 0.4) is 0 Å². The molecule has 3 aromatic rings. The van der Waals surface area contributed by atoms with Crippen LogP contribution in [0.25, 0.3) is 5.69 Å². The van der Waals surface area contributed by atoms with E-state index in [-0.39, 0.29) is 12.5 Å². The second-order valence-electron chi connectivity index (χ2n) is 6.29. The zero-order valence-electron chi connectivity index (χ0n) is 16.2. The molecule has 0 aliphatic heterocycles. The van der Waals surface area contributed by atoms with Crippen LogP contribution in [0.4, 0.5) is 0 Å². The summed E-state index contributed by atoms with van der Waals surface area (Å²) < 4.78 is 7.12. The number of methoxy groups -OCH3 is 1. The lowest BCUT2D eigenvalue weighted by molar-refractivity contribution is 0.0949. The van der Waals surface area contributed by atoms with Crippen molar-refractivity contribution in [3.8, 4) is 11.4 Å². The van der Waals surface area contributed by atoms with Crippen LogP contribution in [0.2, 0.25) is 0 Å². The van der Waals surface area contributed by atoms with E-state index in [1.165, 1.54) is 11.8 Å². The Balaban J connectivity index is 1.83. The van der Waals surface area contributed by atoms with E-state index < -0.39 is 0 Å². The average molecular weight is 429 g/mol. The molecule has 0 saturated heterocycles. The Morgan fingerprint density at radius 3 is 2.48 bits per heavy atom. The third-order valence-corrected chi connectivity index (χ3v) is 5.42. The van der Waals surface area contributed by atoms with Gasteiger partial charge in [0.25, 0.3) is 5.91 Å². The highest BCUT2D eigenvalue weighted by Gasteiger charge is 2.16. The number of nitrogens with one attached hydrogen (secondary N) is 1. The summed E-state index contributed by atoms with van der Waals surface area (Å²) in [5, 5.41) is 12.6. The van der Waals surface area contributed by atoms with Gasteiger partial charge in [-0.15, -0.1) is 10.2 Å². The van der Waals surface area contributed by atoms with Crippen molar-refractivity contribution in [1.82, 2.24) is 20.1 Å². The summed E-state index contributed by atoms with van der Waals surface area (Å²) in [5.74, 6) is 1.70. The standard InChI is InChI=1S/C21H21ClN4O2S/c1-14-4-6-16(7-5-14)20(27)23-12-19-24-25-21(29-13-15(2)22)26(19)17-8-10-18(28-3)11-9-17/h4-11H,2,12-13H2,1,3H3,(H,23,27). The Labute approximate surface area is 178 Å². The van der Waals surface area contributed by atoms with Gasteiger partial charge in [-0.25, -0.2) is 0 Å². The molecule has 1 N–H and O–H groups in total. The molecule has 0 aliphatic carbocycles. The van der Waals surface area contributed by atoms with Crippen molar-refractivity contribution < 1.29 is 9.53 Å². The van der Waals surface area contributed by atoms with Crippen LogP contribution in [-0.4, -0.2) is 33.5 Å². The number of amides is 1. The average Bonchev–Trinajstić information content (AvgIpc) is 3.14. The van der Waals surface area contributed by atoms with E-state index in [0.717, 1.165) is 17.0 Å². The van der Waals surface area contributed by atoms with Crippen molar-refractivity contribution in [1.29, 1.82) is 0 Å². The van der Waals surface area contributed by atoms with Gasteiger partial charge in [-0.2, -0.15) is 0 Å². The minimum atomic E-state index is -0.169. The summed E-state index contributed by atoms with van der Waals surface area (Å²) in [6.07, 6.45) is 0. The van der Waals surface area contributed by atoms with Crippen LogP contribution in [0.15, 0.2) is 65.3 Å². The lowest BCUT2D eigenvalue weighted by Crippen LogP contribution is -2.24. The number of halogens is 1. The Hall–Kier alpha value is -2.77. The molecule has 29 heavy (non-hydrogen) atoms. The van der Waals surface area contributed by atoms with Crippen LogP contribution in [0, 0.1) is 6.92 Å². The number of carbonyl (C=O) groups is 1. The number of nitrogens with zero attached hydrogens (tertiary/aromatic N) is 3. The van der Waals surface area contributed by atoms with E-state index in [2.05, 4.69) is 22.1 Å². The second-order valence-corrected chi connectivity index (χ2v) is 7.76. The van der Waals surface area contributed by atoms with Gasteiger partial charge in [0.1, 0.15) is 5.75 Å². The lowest BCUT2D eigenvalue weighted by atomic mass is 10.1. The maximum Gasteiger partial charge on any atom is 0.251 e. The fraction of sp³-hybridized carbons (Fsp3) is 0.190. The van der Waals surface area contributed by atoms with Crippen LogP contribution < -0.4 is 10.1 Å². The summed E-state index contributed by atoms with van der Waals surface area (Å²) in [6.45, 7) is 5.93. The fourth-order valence-corrected chi connectivity index (χ4v) is 3.50. The molecule has 6 nitrogen and oxygen atoms in total. The number of aromatic nitrogens is 3. The van der Waals surface area contributed by atoms with E-state index in [1.807, 2.05) is 47.9 Å². The predicted molar refractivity (Wildman–Crippen MR) is 116 cm³/mol. The number of thioether (sulfide) groups is 1. The highest BCUT2D eigenvalue weighted by atomic mass is 35.5. The summed E-state index contributed by atoms with van der Waals surface area (Å²) >= 11 is 7.33. The quantitative estimate of drug-likeness (QED) is 0.540. The molecule has 0 atom stereocenters. The molecule has 0 fully saturated rings. The Morgan fingerprint density at radius 2 is 1.86 bits per heavy atom. The predicted octanol–water partition coefficient (Wildman–Crippen LogP) is 4.36. The van der Waals surface area contributed by atoms with Crippen LogP contribution in [0.5, 0.6) is 5.75 Å². The maximum atomic E-state index is 12.5. The molecule has 150 valence electrons. The van der Waals surface area contributed by atoms with Gasteiger partial charge in [0.2, 0.25) is 0 Å². The molecule has 0 spiro atoms. The summed E-state index contributed by atoms with van der Waals surface area (Å²) in [6, 6.07) is 14.9. The Morgan fingerprint density at radius 1 is 1.17 bits per heavy atom. The van der Waals surface area contributed by atoms with Crippen LogP contribution >= 0.6 is 23.4 Å². The molecular formula is C21H21ClN4O2S. The van der Waals surface area contributed by atoms with E-state index in [1.54, 1.807) is 19.2 Å². The third-order valence-electron chi connectivity index (χ3n) is 4.11. The number of benzene rings is 2. The minimum absolute atomic E-state index is 0.169. The lowest BCUT2D eigenvalue weighted by Gasteiger charge is -2.11. The third kappa shape index (κ3) is 5.40. The molecule has 0 radical (unpaired) electrons. The Bertz CT molecular complexity index is 1000. The minimum Gasteiger partial charge on any atom is -0.497 e. The molecule has 1 amide bonds. The topological polar surface area (TPSA) is 69.0 Å². The highest BCUT2D eigenvalue weighted by Crippen LogP contribution is 2.25. The fourth-order valence-electron chi connectivity index (χ4n) is 2.61. The molecule has 0 aliphatic rings. The highest BCUT2D eigenvalue weighted by molar-refractivity contribution is 7.99. The van der Waals surface area contributed by atoms with Gasteiger partial charge in [0.05, 0.1) is 13.7 Å². The van der Waals surface area contributed by atoms with Gasteiger partial charge in [0, 0.05) is 22.0 Å². The van der Waals surface area contributed by atoms with Crippen molar-refractivity contribution in [3.05, 3.63) is 77.1 Å². The smallest absolute Gasteiger partial charge is 0.251 e. The van der Waals surface area contributed by atoms with Crippen molar-refractivity contribution in [2.75, 3.05) is 12.9 Å². The molecule has 0 bridgehead atoms. The van der Waals surface area contributed by atoms with Crippen molar-refractivity contribution in [3.63, 3.8) is 0 Å². The molecule has 1 aromatic heterocycles. The van der Waals surface area contributed by atoms with Gasteiger partial charge in [-0.3, -0.25) is 9.36 Å². The van der Waals surface area contributed by atoms with Crippen molar-refractivity contribution in [2.45, 2.75) is 18.6 Å². The van der Waals surface area contributed by atoms with Gasteiger partial charge < -0.3 is 10.1 Å². The Kier molecular flexibility index (Phi) is 6.95. The first-order chi connectivity index (χ1) is 14.0. The molecule has 8 heteroatoms. The van der Waals surface area contributed by atoms with Crippen molar-refractivity contribution >= 4 is 29.3 Å². The van der Waals surface area contributed by atoms with E-state index >= 15 is 0 Å².